The van der Waals surface area contributed by atoms with Gasteiger partial charge in [0.1, 0.15) is 24.6 Å². The number of hydrogen-bond acceptors (Lipinski definition) is 10. The molecule has 0 amide bonds. The van der Waals surface area contributed by atoms with Crippen LogP contribution < -0.4 is 5.32 Å². The van der Waals surface area contributed by atoms with Gasteiger partial charge in [-0.15, -0.1) is 0 Å². The van der Waals surface area contributed by atoms with E-state index in [2.05, 4.69) is 20.3 Å². The molecule has 1 unspecified atom stereocenters. The molecule has 4 atom stereocenters. The van der Waals surface area contributed by atoms with E-state index in [1.54, 1.807) is 12.1 Å². The van der Waals surface area contributed by atoms with Crippen LogP contribution >= 0.6 is 0 Å². The summed E-state index contributed by atoms with van der Waals surface area (Å²) in [5, 5.41) is 43.3. The molecule has 4 N–H and O–H groups in total. The van der Waals surface area contributed by atoms with E-state index in [9.17, 15) is 25.4 Å². The first-order valence-corrected chi connectivity index (χ1v) is 8.76. The first-order chi connectivity index (χ1) is 14.0. The molecule has 1 aliphatic heterocycles. The van der Waals surface area contributed by atoms with Gasteiger partial charge in [0, 0.05) is 18.7 Å². The number of nitro benzene ring substituents is 1. The minimum absolute atomic E-state index is 0.00964. The van der Waals surface area contributed by atoms with Crippen LogP contribution in [0.15, 0.2) is 36.9 Å². The molecule has 0 saturated carbocycles. The number of imidazole rings is 1. The van der Waals surface area contributed by atoms with Crippen molar-refractivity contribution in [2.45, 2.75) is 31.1 Å². The van der Waals surface area contributed by atoms with Gasteiger partial charge in [-0.05, 0) is 5.56 Å². The number of benzene rings is 1. The second kappa shape index (κ2) is 7.67. The van der Waals surface area contributed by atoms with E-state index in [-0.39, 0.29) is 5.69 Å². The molecule has 12 nitrogen and oxygen atoms in total. The van der Waals surface area contributed by atoms with Gasteiger partial charge in [0.05, 0.1) is 17.9 Å². The van der Waals surface area contributed by atoms with Gasteiger partial charge in [-0.2, -0.15) is 0 Å². The largest absolute Gasteiger partial charge is 0.394 e. The number of fused-ring (bicyclic) bond motifs is 1. The lowest BCUT2D eigenvalue weighted by Crippen LogP contribution is -2.33. The first-order valence-electron chi connectivity index (χ1n) is 8.76. The lowest BCUT2D eigenvalue weighted by Gasteiger charge is -2.16. The molecule has 4 rings (SSSR count). The van der Waals surface area contributed by atoms with Crippen molar-refractivity contribution in [1.82, 2.24) is 19.5 Å². The topological polar surface area (TPSA) is 169 Å². The van der Waals surface area contributed by atoms with Crippen molar-refractivity contribution in [2.24, 2.45) is 0 Å². The number of aliphatic hydroxyl groups excluding tert-OH is 3. The SMILES string of the molecule is O=[N+]([O-])c1ccc(CNc2ncnc3c2ncn3C2O[C@H](CO)[C@@H](O)[C@H]2O)cc1. The fraction of sp³-hybridized carbons (Fsp3) is 0.353. The van der Waals surface area contributed by atoms with Crippen molar-refractivity contribution in [2.75, 3.05) is 11.9 Å². The van der Waals surface area contributed by atoms with Gasteiger partial charge in [0.15, 0.2) is 23.2 Å². The Morgan fingerprint density at radius 1 is 1.17 bits per heavy atom. The number of nitro groups is 1. The van der Waals surface area contributed by atoms with Crippen LogP contribution in [0.1, 0.15) is 11.8 Å². The number of non-ortho nitro benzene ring substituents is 1. The van der Waals surface area contributed by atoms with Crippen LogP contribution in [0, 0.1) is 10.1 Å². The van der Waals surface area contributed by atoms with Crippen molar-refractivity contribution >= 4 is 22.7 Å². The van der Waals surface area contributed by atoms with Gasteiger partial charge in [0.25, 0.3) is 5.69 Å². The molecular weight excluding hydrogens is 384 g/mol. The maximum Gasteiger partial charge on any atom is 0.269 e. The van der Waals surface area contributed by atoms with Crippen molar-refractivity contribution < 1.29 is 25.0 Å². The van der Waals surface area contributed by atoms with Crippen LogP contribution in [0.2, 0.25) is 0 Å². The molecule has 0 aliphatic carbocycles. The summed E-state index contributed by atoms with van der Waals surface area (Å²) in [6, 6.07) is 6.12. The number of nitrogens with zero attached hydrogens (tertiary/aromatic N) is 5. The van der Waals surface area contributed by atoms with Gasteiger partial charge in [-0.3, -0.25) is 14.7 Å². The smallest absolute Gasteiger partial charge is 0.269 e. The number of nitrogens with one attached hydrogen (secondary N) is 1. The summed E-state index contributed by atoms with van der Waals surface area (Å²) in [4.78, 5) is 22.9. The molecule has 12 heteroatoms. The maximum atomic E-state index is 10.7. The highest BCUT2D eigenvalue weighted by molar-refractivity contribution is 5.82. The Balaban J connectivity index is 1.55. The standard InChI is InChI=1S/C17H18N6O6/c24-6-11-13(25)14(26)17(29-11)22-8-21-12-15(19-7-20-16(12)22)18-5-9-1-3-10(4-2-9)23(27)28/h1-4,7-8,11,13-14,17,24-26H,5-6H2,(H,18,19,20)/t11-,13-,14-,17?/m1/s1. The van der Waals surface area contributed by atoms with Crippen LogP contribution in [0.25, 0.3) is 11.2 Å². The Hall–Kier alpha value is -3.19. The van der Waals surface area contributed by atoms with Crippen molar-refractivity contribution in [3.8, 4) is 0 Å². The summed E-state index contributed by atoms with van der Waals surface area (Å²) in [7, 11) is 0. The summed E-state index contributed by atoms with van der Waals surface area (Å²) in [6.45, 7) is -0.0802. The normalized spacial score (nSPS) is 24.1. The molecule has 2 aromatic heterocycles. The van der Waals surface area contributed by atoms with E-state index in [1.165, 1.54) is 29.4 Å². The van der Waals surface area contributed by atoms with Crippen molar-refractivity contribution in [1.29, 1.82) is 0 Å². The fourth-order valence-electron chi connectivity index (χ4n) is 3.20. The number of anilines is 1. The van der Waals surface area contributed by atoms with Crippen molar-refractivity contribution in [3.63, 3.8) is 0 Å². The zero-order chi connectivity index (χ0) is 20.5. The Morgan fingerprint density at radius 3 is 2.59 bits per heavy atom. The highest BCUT2D eigenvalue weighted by Crippen LogP contribution is 2.32. The number of aromatic nitrogens is 4. The summed E-state index contributed by atoms with van der Waals surface area (Å²) >= 11 is 0. The predicted octanol–water partition coefficient (Wildman–Crippen LogP) is -0.0419. The number of aliphatic hydroxyl groups is 3. The summed E-state index contributed by atoms with van der Waals surface area (Å²) in [5.74, 6) is 0.429. The molecule has 1 aromatic carbocycles. The quantitative estimate of drug-likeness (QED) is 0.324. The van der Waals surface area contributed by atoms with Gasteiger partial charge < -0.3 is 25.4 Å². The molecule has 3 aromatic rings. The maximum absolute atomic E-state index is 10.7. The average Bonchev–Trinajstić information content (AvgIpc) is 3.28. The number of ether oxygens (including phenoxy) is 1. The highest BCUT2D eigenvalue weighted by atomic mass is 16.6. The third kappa shape index (κ3) is 3.49. The van der Waals surface area contributed by atoms with Crippen LogP contribution in [-0.4, -0.2) is 64.7 Å². The monoisotopic (exact) mass is 402 g/mol. The van der Waals surface area contributed by atoms with Crippen LogP contribution in [0.5, 0.6) is 0 Å². The second-order valence-electron chi connectivity index (χ2n) is 6.55. The molecule has 152 valence electrons. The van der Waals surface area contributed by atoms with E-state index in [0.717, 1.165) is 5.56 Å². The third-order valence-corrected chi connectivity index (χ3v) is 4.76. The molecule has 0 spiro atoms. The minimum Gasteiger partial charge on any atom is -0.394 e. The Bertz CT molecular complexity index is 1020. The average molecular weight is 402 g/mol. The van der Waals surface area contributed by atoms with Crippen LogP contribution in [0.3, 0.4) is 0 Å². The summed E-state index contributed by atoms with van der Waals surface area (Å²) in [5.41, 5.74) is 1.62. The Kier molecular flexibility index (Phi) is 5.07. The van der Waals surface area contributed by atoms with E-state index in [0.29, 0.717) is 23.5 Å². The van der Waals surface area contributed by atoms with Gasteiger partial charge in [0.2, 0.25) is 0 Å². The number of hydrogen-bond donors (Lipinski definition) is 4. The molecule has 0 bridgehead atoms. The van der Waals surface area contributed by atoms with Gasteiger partial charge >= 0.3 is 0 Å². The van der Waals surface area contributed by atoms with Crippen LogP contribution in [-0.2, 0) is 11.3 Å². The molecule has 1 fully saturated rings. The number of rotatable bonds is 6. The van der Waals surface area contributed by atoms with E-state index >= 15 is 0 Å². The third-order valence-electron chi connectivity index (χ3n) is 4.76. The van der Waals surface area contributed by atoms with E-state index < -0.39 is 36.1 Å². The molecule has 1 aliphatic rings. The van der Waals surface area contributed by atoms with E-state index in [1.807, 2.05) is 0 Å². The lowest BCUT2D eigenvalue weighted by molar-refractivity contribution is -0.384. The molecular formula is C17H18N6O6. The van der Waals surface area contributed by atoms with Crippen LogP contribution in [0.4, 0.5) is 11.5 Å². The minimum atomic E-state index is -1.25. The zero-order valence-corrected chi connectivity index (χ0v) is 15.0. The first kappa shape index (κ1) is 19.1. The lowest BCUT2D eigenvalue weighted by atomic mass is 10.1. The van der Waals surface area contributed by atoms with E-state index in [4.69, 9.17) is 4.74 Å². The van der Waals surface area contributed by atoms with Gasteiger partial charge in [-0.25, -0.2) is 15.0 Å². The predicted molar refractivity (Wildman–Crippen MR) is 98.8 cm³/mol. The molecule has 1 saturated heterocycles. The fourth-order valence-corrected chi connectivity index (χ4v) is 3.20. The Labute approximate surface area is 163 Å². The highest BCUT2D eigenvalue weighted by Gasteiger charge is 2.44. The summed E-state index contributed by atoms with van der Waals surface area (Å²) in [6.07, 6.45) is -1.62. The van der Waals surface area contributed by atoms with Gasteiger partial charge in [-0.1, -0.05) is 12.1 Å². The molecule has 29 heavy (non-hydrogen) atoms. The zero-order valence-electron chi connectivity index (χ0n) is 15.0. The molecule has 3 heterocycles. The Morgan fingerprint density at radius 2 is 1.93 bits per heavy atom. The second-order valence-corrected chi connectivity index (χ2v) is 6.55. The summed E-state index contributed by atoms with van der Waals surface area (Å²) < 4.78 is 6.99. The molecule has 0 radical (unpaired) electrons. The van der Waals surface area contributed by atoms with Crippen molar-refractivity contribution in [3.05, 3.63) is 52.6 Å².